The van der Waals surface area contributed by atoms with Gasteiger partial charge in [0.15, 0.2) is 5.84 Å². The fraction of sp³-hybridized carbons (Fsp3) is 0.381. The summed E-state index contributed by atoms with van der Waals surface area (Å²) < 4.78 is 6.16. The van der Waals surface area contributed by atoms with Crippen LogP contribution in [0.3, 0.4) is 0 Å². The molecule has 25 heavy (non-hydrogen) atoms. The minimum absolute atomic E-state index is 0.247. The molecule has 0 spiro atoms. The first-order valence-corrected chi connectivity index (χ1v) is 9.01. The van der Waals surface area contributed by atoms with Gasteiger partial charge in [0, 0.05) is 6.42 Å². The molecule has 4 nitrogen and oxygen atoms in total. The second kappa shape index (κ2) is 5.33. The van der Waals surface area contributed by atoms with E-state index in [0.29, 0.717) is 12.6 Å². The van der Waals surface area contributed by atoms with Crippen molar-refractivity contribution in [2.45, 2.75) is 39.3 Å². The van der Waals surface area contributed by atoms with Gasteiger partial charge in [-0.3, -0.25) is 0 Å². The molecule has 0 bridgehead atoms. The fourth-order valence-corrected chi connectivity index (χ4v) is 4.75. The third-order valence-corrected chi connectivity index (χ3v) is 5.66. The van der Waals surface area contributed by atoms with Gasteiger partial charge in [0.1, 0.15) is 13.3 Å². The summed E-state index contributed by atoms with van der Waals surface area (Å²) in [6.45, 7) is 7.92. The van der Waals surface area contributed by atoms with Crippen LogP contribution >= 0.6 is 0 Å². The van der Waals surface area contributed by atoms with Crippen molar-refractivity contribution in [1.29, 1.82) is 0 Å². The number of fused-ring (bicyclic) bond motifs is 5. The average molecular weight is 333 g/mol. The molecule has 2 heterocycles. The minimum atomic E-state index is 0.247. The zero-order chi connectivity index (χ0) is 17.1. The van der Waals surface area contributed by atoms with Gasteiger partial charge in [-0.25, -0.2) is 5.01 Å². The van der Waals surface area contributed by atoms with Crippen LogP contribution in [-0.2, 0) is 11.2 Å². The van der Waals surface area contributed by atoms with Gasteiger partial charge >= 0.3 is 0 Å². The van der Waals surface area contributed by atoms with Crippen LogP contribution in [-0.4, -0.2) is 30.1 Å². The SMILES string of the molecule is Cc1cc(C)c(N2CN3C(=N2)CO[C@H]2Cc4ccccc4[C@H]23)c(C)c1. The fourth-order valence-electron chi connectivity index (χ4n) is 4.75. The molecule has 2 aromatic rings. The lowest BCUT2D eigenvalue weighted by molar-refractivity contribution is 0.00538. The molecule has 2 atom stereocenters. The Balaban J connectivity index is 1.52. The Morgan fingerprint density at radius 3 is 2.64 bits per heavy atom. The first-order valence-electron chi connectivity index (χ1n) is 9.01. The van der Waals surface area contributed by atoms with E-state index in [1.165, 1.54) is 33.5 Å². The summed E-state index contributed by atoms with van der Waals surface area (Å²) in [5.41, 5.74) is 7.92. The summed E-state index contributed by atoms with van der Waals surface area (Å²) in [6.07, 6.45) is 1.25. The molecule has 0 radical (unpaired) electrons. The number of aryl methyl sites for hydroxylation is 3. The van der Waals surface area contributed by atoms with E-state index in [1.54, 1.807) is 0 Å². The zero-order valence-electron chi connectivity index (χ0n) is 15.0. The number of rotatable bonds is 1. The molecule has 1 fully saturated rings. The maximum absolute atomic E-state index is 6.16. The Morgan fingerprint density at radius 2 is 1.84 bits per heavy atom. The number of anilines is 1. The van der Waals surface area contributed by atoms with E-state index >= 15 is 0 Å². The van der Waals surface area contributed by atoms with Crippen molar-refractivity contribution < 1.29 is 4.74 Å². The molecular formula is C21H23N3O. The van der Waals surface area contributed by atoms with E-state index in [-0.39, 0.29) is 6.10 Å². The van der Waals surface area contributed by atoms with Gasteiger partial charge in [-0.05, 0) is 43.0 Å². The van der Waals surface area contributed by atoms with Crippen LogP contribution in [0.2, 0.25) is 0 Å². The summed E-state index contributed by atoms with van der Waals surface area (Å²) in [5.74, 6) is 1.05. The Bertz CT molecular complexity index is 865. The van der Waals surface area contributed by atoms with E-state index in [2.05, 4.69) is 67.1 Å². The molecule has 0 N–H and O–H groups in total. The molecule has 4 heteroatoms. The second-order valence-corrected chi connectivity index (χ2v) is 7.47. The molecule has 3 aliphatic rings. The predicted octanol–water partition coefficient (Wildman–Crippen LogP) is 3.70. The average Bonchev–Trinajstić information content (AvgIpc) is 3.13. The monoisotopic (exact) mass is 333 g/mol. The molecule has 2 aliphatic heterocycles. The van der Waals surface area contributed by atoms with Crippen LogP contribution in [0.1, 0.15) is 33.9 Å². The lowest BCUT2D eigenvalue weighted by Gasteiger charge is -2.37. The number of ether oxygens (including phenoxy) is 1. The normalized spacial score (nSPS) is 24.0. The van der Waals surface area contributed by atoms with Gasteiger partial charge in [0.25, 0.3) is 0 Å². The van der Waals surface area contributed by atoms with Crippen molar-refractivity contribution in [3.05, 3.63) is 64.2 Å². The van der Waals surface area contributed by atoms with Gasteiger partial charge < -0.3 is 9.64 Å². The highest BCUT2D eigenvalue weighted by atomic mass is 16.5. The Hall–Kier alpha value is -2.33. The molecular weight excluding hydrogens is 310 g/mol. The van der Waals surface area contributed by atoms with Crippen molar-refractivity contribution in [2.75, 3.05) is 18.3 Å². The van der Waals surface area contributed by atoms with Crippen molar-refractivity contribution in [3.63, 3.8) is 0 Å². The second-order valence-electron chi connectivity index (χ2n) is 7.47. The number of hydrogen-bond donors (Lipinski definition) is 0. The number of hydrogen-bond acceptors (Lipinski definition) is 4. The van der Waals surface area contributed by atoms with Gasteiger partial charge in [-0.15, -0.1) is 0 Å². The Kier molecular flexibility index (Phi) is 3.19. The number of hydrazone groups is 1. The molecule has 2 aromatic carbocycles. The molecule has 0 unspecified atom stereocenters. The van der Waals surface area contributed by atoms with Crippen molar-refractivity contribution in [1.82, 2.24) is 4.90 Å². The number of amidine groups is 1. The van der Waals surface area contributed by atoms with Gasteiger partial charge in [-0.2, -0.15) is 5.10 Å². The van der Waals surface area contributed by atoms with Crippen LogP contribution in [0.5, 0.6) is 0 Å². The van der Waals surface area contributed by atoms with E-state index in [0.717, 1.165) is 18.9 Å². The smallest absolute Gasteiger partial charge is 0.153 e. The Labute approximate surface area is 148 Å². The van der Waals surface area contributed by atoms with E-state index in [4.69, 9.17) is 9.84 Å². The van der Waals surface area contributed by atoms with Crippen molar-refractivity contribution in [3.8, 4) is 0 Å². The van der Waals surface area contributed by atoms with Gasteiger partial charge in [-0.1, -0.05) is 42.0 Å². The molecule has 0 saturated carbocycles. The summed E-state index contributed by atoms with van der Waals surface area (Å²) in [5, 5.41) is 7.07. The largest absolute Gasteiger partial charge is 0.367 e. The predicted molar refractivity (Wildman–Crippen MR) is 99.9 cm³/mol. The molecule has 1 saturated heterocycles. The third-order valence-electron chi connectivity index (χ3n) is 5.66. The highest BCUT2D eigenvalue weighted by Crippen LogP contribution is 2.42. The van der Waals surface area contributed by atoms with Crippen LogP contribution < -0.4 is 5.01 Å². The quantitative estimate of drug-likeness (QED) is 0.796. The molecule has 0 aromatic heterocycles. The topological polar surface area (TPSA) is 28.1 Å². The first kappa shape index (κ1) is 15.0. The molecule has 128 valence electrons. The highest BCUT2D eigenvalue weighted by molar-refractivity contribution is 5.88. The maximum atomic E-state index is 6.16. The van der Waals surface area contributed by atoms with Crippen LogP contribution in [0.15, 0.2) is 41.5 Å². The van der Waals surface area contributed by atoms with E-state index in [1.807, 2.05) is 0 Å². The molecule has 1 aliphatic carbocycles. The number of nitrogens with zero attached hydrogens (tertiary/aromatic N) is 3. The standard InChI is InChI=1S/C21H23N3O/c1-13-8-14(2)20(15(3)9-13)24-12-23-19(22-24)11-25-18-10-16-6-4-5-7-17(16)21(18)23/h4-9,18,21H,10-12H2,1-3H3/t18-,21+/m0/s1. The molecule has 0 amide bonds. The summed E-state index contributed by atoms with van der Waals surface area (Å²) in [7, 11) is 0. The van der Waals surface area contributed by atoms with Crippen LogP contribution in [0.25, 0.3) is 0 Å². The van der Waals surface area contributed by atoms with E-state index in [9.17, 15) is 0 Å². The number of benzene rings is 2. The van der Waals surface area contributed by atoms with E-state index < -0.39 is 0 Å². The third kappa shape index (κ3) is 2.20. The lowest BCUT2D eigenvalue weighted by atomic mass is 10.0. The summed E-state index contributed by atoms with van der Waals surface area (Å²) in [6, 6.07) is 13.5. The summed E-state index contributed by atoms with van der Waals surface area (Å²) in [4.78, 5) is 2.44. The first-order chi connectivity index (χ1) is 12.1. The summed E-state index contributed by atoms with van der Waals surface area (Å²) >= 11 is 0. The lowest BCUT2D eigenvalue weighted by Crippen LogP contribution is -2.46. The highest BCUT2D eigenvalue weighted by Gasteiger charge is 2.45. The van der Waals surface area contributed by atoms with Gasteiger partial charge in [0.2, 0.25) is 0 Å². The van der Waals surface area contributed by atoms with Crippen molar-refractivity contribution in [2.24, 2.45) is 5.10 Å². The minimum Gasteiger partial charge on any atom is -0.367 e. The number of morpholine rings is 1. The van der Waals surface area contributed by atoms with Crippen LogP contribution in [0, 0.1) is 20.8 Å². The zero-order valence-corrected chi connectivity index (χ0v) is 15.0. The Morgan fingerprint density at radius 1 is 1.08 bits per heavy atom. The van der Waals surface area contributed by atoms with Crippen LogP contribution in [0.4, 0.5) is 5.69 Å². The van der Waals surface area contributed by atoms with Crippen molar-refractivity contribution >= 4 is 11.5 Å². The molecule has 5 rings (SSSR count). The van der Waals surface area contributed by atoms with Gasteiger partial charge in [0.05, 0.1) is 17.8 Å². The maximum Gasteiger partial charge on any atom is 0.153 e.